The smallest absolute Gasteiger partial charge is 0.0723 e. The maximum Gasteiger partial charge on any atom is 0.0723 e. The zero-order valence-corrected chi connectivity index (χ0v) is 6.96. The van der Waals surface area contributed by atoms with Crippen LogP contribution >= 0.6 is 0 Å². The Morgan fingerprint density at radius 3 is 2.30 bits per heavy atom. The van der Waals surface area contributed by atoms with Crippen LogP contribution in [-0.4, -0.2) is 36.0 Å². The van der Waals surface area contributed by atoms with E-state index < -0.39 is 0 Å². The molecule has 0 radical (unpaired) electrons. The summed E-state index contributed by atoms with van der Waals surface area (Å²) in [4.78, 5) is 2.12. The zero-order valence-electron chi connectivity index (χ0n) is 6.96. The fourth-order valence-corrected chi connectivity index (χ4v) is 0.871. The van der Waals surface area contributed by atoms with Gasteiger partial charge in [-0.1, -0.05) is 19.0 Å². The molecule has 0 unspecified atom stereocenters. The average molecular weight is 144 g/mol. The largest absolute Gasteiger partial charge is 0.411 e. The molecule has 1 aliphatic heterocycles. The van der Waals surface area contributed by atoms with E-state index in [0.29, 0.717) is 0 Å². The molecule has 0 atom stereocenters. The van der Waals surface area contributed by atoms with E-state index in [0.717, 1.165) is 25.2 Å². The van der Waals surface area contributed by atoms with E-state index in [1.165, 1.54) is 0 Å². The topological polar surface area (TPSA) is 35.8 Å². The number of oxime groups is 1. The Morgan fingerprint density at radius 1 is 1.50 bits per heavy atom. The molecule has 0 spiro atoms. The summed E-state index contributed by atoms with van der Waals surface area (Å²) in [5.41, 5.74) is 0.896. The number of hydrogen-bond donors (Lipinski definition) is 1. The van der Waals surface area contributed by atoms with Crippen molar-refractivity contribution in [3.63, 3.8) is 0 Å². The normalized spacial score (nSPS) is 22.5. The lowest BCUT2D eigenvalue weighted by Crippen LogP contribution is -2.13. The summed E-state index contributed by atoms with van der Waals surface area (Å²) in [7, 11) is 2.01. The van der Waals surface area contributed by atoms with Crippen molar-refractivity contribution in [1.82, 2.24) is 4.90 Å². The van der Waals surface area contributed by atoms with Crippen LogP contribution in [0.3, 0.4) is 0 Å². The van der Waals surface area contributed by atoms with Gasteiger partial charge in [0.15, 0.2) is 0 Å². The number of likely N-dealkylation sites (tertiary alicyclic amines) is 1. The second kappa shape index (κ2) is 5.23. The van der Waals surface area contributed by atoms with E-state index in [2.05, 4.69) is 10.1 Å². The summed E-state index contributed by atoms with van der Waals surface area (Å²) in [5, 5.41) is 11.4. The summed E-state index contributed by atoms with van der Waals surface area (Å²) < 4.78 is 0. The second-order valence-corrected chi connectivity index (χ2v) is 2.15. The molecule has 3 nitrogen and oxygen atoms in total. The van der Waals surface area contributed by atoms with Crippen molar-refractivity contribution in [2.24, 2.45) is 5.16 Å². The first-order valence-electron chi connectivity index (χ1n) is 3.71. The molecule has 0 aromatic heterocycles. The van der Waals surface area contributed by atoms with Gasteiger partial charge in [-0.25, -0.2) is 0 Å². The first-order chi connectivity index (χ1) is 4.83. The van der Waals surface area contributed by atoms with Crippen LogP contribution in [0.2, 0.25) is 0 Å². The monoisotopic (exact) mass is 144 g/mol. The van der Waals surface area contributed by atoms with Gasteiger partial charge in [-0.3, -0.25) is 0 Å². The Kier molecular flexibility index (Phi) is 4.94. The maximum absolute atomic E-state index is 8.25. The third kappa shape index (κ3) is 2.82. The van der Waals surface area contributed by atoms with E-state index >= 15 is 0 Å². The summed E-state index contributed by atoms with van der Waals surface area (Å²) in [6.07, 6.45) is 0.924. The van der Waals surface area contributed by atoms with Crippen LogP contribution in [0.1, 0.15) is 20.3 Å². The SMILES string of the molecule is CC.CN1CC/C(=N/O)C1. The molecule has 1 fully saturated rings. The van der Waals surface area contributed by atoms with Crippen LogP contribution < -0.4 is 0 Å². The van der Waals surface area contributed by atoms with Crippen molar-refractivity contribution in [1.29, 1.82) is 0 Å². The highest BCUT2D eigenvalue weighted by Gasteiger charge is 2.12. The summed E-state index contributed by atoms with van der Waals surface area (Å²) in [6.45, 7) is 5.86. The Hall–Kier alpha value is -0.570. The Bertz CT molecular complexity index is 112. The third-order valence-electron chi connectivity index (χ3n) is 1.38. The van der Waals surface area contributed by atoms with Gasteiger partial charge in [-0.15, -0.1) is 0 Å². The van der Waals surface area contributed by atoms with Crippen LogP contribution in [0.25, 0.3) is 0 Å². The minimum Gasteiger partial charge on any atom is -0.411 e. The molecule has 0 aromatic carbocycles. The molecule has 10 heavy (non-hydrogen) atoms. The van der Waals surface area contributed by atoms with E-state index in [-0.39, 0.29) is 0 Å². The van der Waals surface area contributed by atoms with Crippen molar-refractivity contribution in [3.05, 3.63) is 0 Å². The molecule has 3 heteroatoms. The molecule has 0 saturated carbocycles. The highest BCUT2D eigenvalue weighted by molar-refractivity contribution is 5.87. The lowest BCUT2D eigenvalue weighted by molar-refractivity contribution is 0.317. The highest BCUT2D eigenvalue weighted by atomic mass is 16.4. The zero-order chi connectivity index (χ0) is 7.98. The Morgan fingerprint density at radius 2 is 2.10 bits per heavy atom. The molecule has 1 N–H and O–H groups in total. The summed E-state index contributed by atoms with van der Waals surface area (Å²) >= 11 is 0. The Balaban J connectivity index is 0.000000371. The van der Waals surface area contributed by atoms with Crippen LogP contribution in [0.15, 0.2) is 5.16 Å². The van der Waals surface area contributed by atoms with E-state index in [4.69, 9.17) is 5.21 Å². The van der Waals surface area contributed by atoms with Gasteiger partial charge >= 0.3 is 0 Å². The first-order valence-corrected chi connectivity index (χ1v) is 3.71. The van der Waals surface area contributed by atoms with Crippen molar-refractivity contribution in [3.8, 4) is 0 Å². The maximum atomic E-state index is 8.25. The molecule has 60 valence electrons. The van der Waals surface area contributed by atoms with E-state index in [1.54, 1.807) is 0 Å². The molecule has 1 saturated heterocycles. The van der Waals surface area contributed by atoms with Crippen LogP contribution in [0, 0.1) is 0 Å². The second-order valence-electron chi connectivity index (χ2n) is 2.15. The van der Waals surface area contributed by atoms with Gasteiger partial charge in [-0.2, -0.15) is 0 Å². The fourth-order valence-electron chi connectivity index (χ4n) is 0.871. The fraction of sp³-hybridized carbons (Fsp3) is 0.857. The van der Waals surface area contributed by atoms with Crippen LogP contribution in [0.5, 0.6) is 0 Å². The molecule has 0 bridgehead atoms. The van der Waals surface area contributed by atoms with Crippen LogP contribution in [-0.2, 0) is 0 Å². The molecule has 0 amide bonds. The number of rotatable bonds is 0. The van der Waals surface area contributed by atoms with Crippen LogP contribution in [0.4, 0.5) is 0 Å². The average Bonchev–Trinajstić information content (AvgIpc) is 2.40. The van der Waals surface area contributed by atoms with Gasteiger partial charge in [0.25, 0.3) is 0 Å². The van der Waals surface area contributed by atoms with Gasteiger partial charge in [0, 0.05) is 19.5 Å². The third-order valence-corrected chi connectivity index (χ3v) is 1.38. The first kappa shape index (κ1) is 9.43. The number of nitrogens with zero attached hydrogens (tertiary/aromatic N) is 2. The quantitative estimate of drug-likeness (QED) is 0.409. The van der Waals surface area contributed by atoms with E-state index in [9.17, 15) is 0 Å². The lowest BCUT2D eigenvalue weighted by Gasteiger charge is -2.00. The minimum atomic E-state index is 0.830. The molecule has 0 aliphatic carbocycles. The Labute approximate surface area is 62.3 Å². The molecule has 0 aromatic rings. The predicted octanol–water partition coefficient (Wildman–Crippen LogP) is 1.18. The minimum absolute atomic E-state index is 0.830. The predicted molar refractivity (Wildman–Crippen MR) is 42.7 cm³/mol. The standard InChI is InChI=1S/C5H10N2O.C2H6/c1-7-3-2-5(4-7)6-8;1-2/h8H,2-4H2,1H3;1-2H3/b6-5-;. The lowest BCUT2D eigenvalue weighted by atomic mass is 10.3. The molecule has 1 aliphatic rings. The molecular formula is C7H16N2O. The van der Waals surface area contributed by atoms with Gasteiger partial charge in [-0.05, 0) is 7.05 Å². The van der Waals surface area contributed by atoms with Crippen molar-refractivity contribution < 1.29 is 5.21 Å². The van der Waals surface area contributed by atoms with Crippen molar-refractivity contribution >= 4 is 5.71 Å². The van der Waals surface area contributed by atoms with Gasteiger partial charge < -0.3 is 10.1 Å². The van der Waals surface area contributed by atoms with Gasteiger partial charge in [0.1, 0.15) is 0 Å². The number of hydrogen-bond acceptors (Lipinski definition) is 3. The van der Waals surface area contributed by atoms with E-state index in [1.807, 2.05) is 20.9 Å². The summed E-state index contributed by atoms with van der Waals surface area (Å²) in [5.74, 6) is 0. The molecular weight excluding hydrogens is 128 g/mol. The summed E-state index contributed by atoms with van der Waals surface area (Å²) in [6, 6.07) is 0. The van der Waals surface area contributed by atoms with Crippen molar-refractivity contribution in [2.75, 3.05) is 20.1 Å². The molecule has 1 heterocycles. The highest BCUT2D eigenvalue weighted by Crippen LogP contribution is 2.00. The van der Waals surface area contributed by atoms with Crippen molar-refractivity contribution in [2.45, 2.75) is 20.3 Å². The van der Waals surface area contributed by atoms with Gasteiger partial charge in [0.2, 0.25) is 0 Å². The molecule has 1 rings (SSSR count). The van der Waals surface area contributed by atoms with Gasteiger partial charge in [0.05, 0.1) is 5.71 Å².